The van der Waals surface area contributed by atoms with Crippen molar-refractivity contribution in [3.8, 4) is 0 Å². The van der Waals surface area contributed by atoms with Crippen molar-refractivity contribution in [2.24, 2.45) is 0 Å². The van der Waals surface area contributed by atoms with Gasteiger partial charge in [-0.15, -0.1) is 0 Å². The number of anilines is 4. The standard InChI is InChI=1S/C31H37N7O2/c1-4-37(5-2)27-17-23-18-33-31(34-24-12-10-21(11-13-24)28-19-32-14-15-40-28)35-29(23)38(30(27)39)25-16-22-8-6-7-9-26(22)36(3)20-25/h6-13,17-18,25,28,32H,4-5,14-16,19-20H2,1-3H3,(H,33,34,35). The average Bonchev–Trinajstić information content (AvgIpc) is 2.99. The van der Waals surface area contributed by atoms with Crippen LogP contribution in [0, 0.1) is 0 Å². The first-order valence-corrected chi connectivity index (χ1v) is 14.2. The monoisotopic (exact) mass is 539 g/mol. The fraction of sp³-hybridized carbons (Fsp3) is 0.387. The largest absolute Gasteiger partial charge is 0.372 e. The van der Waals surface area contributed by atoms with Crippen LogP contribution >= 0.6 is 0 Å². The van der Waals surface area contributed by atoms with Crippen LogP contribution in [0.15, 0.2) is 65.6 Å². The highest BCUT2D eigenvalue weighted by Gasteiger charge is 2.27. The molecule has 1 fully saturated rings. The normalized spacial score (nSPS) is 18.9. The van der Waals surface area contributed by atoms with Crippen molar-refractivity contribution >= 4 is 34.0 Å². The first-order valence-electron chi connectivity index (χ1n) is 14.2. The Hall–Kier alpha value is -3.95. The summed E-state index contributed by atoms with van der Waals surface area (Å²) in [7, 11) is 2.09. The van der Waals surface area contributed by atoms with E-state index in [0.29, 0.717) is 17.3 Å². The number of pyridine rings is 1. The van der Waals surface area contributed by atoms with Crippen molar-refractivity contribution in [3.63, 3.8) is 0 Å². The van der Waals surface area contributed by atoms with E-state index in [1.165, 1.54) is 11.3 Å². The molecule has 0 amide bonds. The van der Waals surface area contributed by atoms with E-state index in [0.717, 1.165) is 62.4 Å². The molecule has 40 heavy (non-hydrogen) atoms. The molecule has 2 N–H and O–H groups in total. The molecule has 2 atom stereocenters. The predicted octanol–water partition coefficient (Wildman–Crippen LogP) is 4.28. The van der Waals surface area contributed by atoms with Crippen molar-refractivity contribution in [2.75, 3.05) is 61.5 Å². The fourth-order valence-corrected chi connectivity index (χ4v) is 5.95. The lowest BCUT2D eigenvalue weighted by Gasteiger charge is -2.35. The number of ether oxygens (including phenoxy) is 1. The number of hydrogen-bond acceptors (Lipinski definition) is 8. The summed E-state index contributed by atoms with van der Waals surface area (Å²) in [6.07, 6.45) is 2.65. The molecule has 0 bridgehead atoms. The molecule has 2 aromatic carbocycles. The number of para-hydroxylation sites is 1. The van der Waals surface area contributed by atoms with Crippen LogP contribution in [0.25, 0.3) is 11.0 Å². The molecule has 1 saturated heterocycles. The van der Waals surface area contributed by atoms with E-state index < -0.39 is 0 Å². The zero-order valence-corrected chi connectivity index (χ0v) is 23.4. The van der Waals surface area contributed by atoms with E-state index in [-0.39, 0.29) is 17.7 Å². The van der Waals surface area contributed by atoms with Gasteiger partial charge in [-0.25, -0.2) is 4.98 Å². The van der Waals surface area contributed by atoms with E-state index >= 15 is 0 Å². The van der Waals surface area contributed by atoms with E-state index in [4.69, 9.17) is 9.72 Å². The summed E-state index contributed by atoms with van der Waals surface area (Å²) in [6.45, 7) is 8.80. The lowest BCUT2D eigenvalue weighted by atomic mass is 9.98. The molecule has 4 heterocycles. The first kappa shape index (κ1) is 26.3. The molecule has 2 unspecified atom stereocenters. The van der Waals surface area contributed by atoms with Crippen molar-refractivity contribution in [1.82, 2.24) is 19.9 Å². The zero-order chi connectivity index (χ0) is 27.6. The predicted molar refractivity (Wildman–Crippen MR) is 161 cm³/mol. The molecule has 2 aromatic heterocycles. The molecule has 9 heteroatoms. The maximum atomic E-state index is 14.1. The quantitative estimate of drug-likeness (QED) is 0.360. The number of hydrogen-bond donors (Lipinski definition) is 2. The van der Waals surface area contributed by atoms with E-state index in [9.17, 15) is 4.79 Å². The SMILES string of the molecule is CCN(CC)c1cc2cnc(Nc3ccc(C4CNCCO4)cc3)nc2n(C2Cc3ccccc3N(C)C2)c1=O. The van der Waals surface area contributed by atoms with Gasteiger partial charge in [0.15, 0.2) is 0 Å². The van der Waals surface area contributed by atoms with Crippen LogP contribution < -0.4 is 26.0 Å². The minimum atomic E-state index is -0.0588. The Bertz CT molecular complexity index is 1540. The van der Waals surface area contributed by atoms with Crippen LogP contribution in [0.3, 0.4) is 0 Å². The third-order valence-corrected chi connectivity index (χ3v) is 8.03. The minimum Gasteiger partial charge on any atom is -0.372 e. The molecular formula is C31H37N7O2. The molecule has 2 aliphatic heterocycles. The van der Waals surface area contributed by atoms with Crippen molar-refractivity contribution in [3.05, 3.63) is 82.3 Å². The minimum absolute atomic E-state index is 0.0101. The Morgan fingerprint density at radius 3 is 2.67 bits per heavy atom. The van der Waals surface area contributed by atoms with Gasteiger partial charge < -0.3 is 25.2 Å². The second-order valence-electron chi connectivity index (χ2n) is 10.5. The van der Waals surface area contributed by atoms with Crippen LogP contribution in [0.1, 0.15) is 37.1 Å². The highest BCUT2D eigenvalue weighted by Crippen LogP contribution is 2.32. The molecule has 0 spiro atoms. The van der Waals surface area contributed by atoms with Crippen LogP contribution in [0.2, 0.25) is 0 Å². The third kappa shape index (κ3) is 5.02. The van der Waals surface area contributed by atoms with Crippen LogP contribution in [0.5, 0.6) is 0 Å². The van der Waals surface area contributed by atoms with Gasteiger partial charge in [0.2, 0.25) is 5.95 Å². The summed E-state index contributed by atoms with van der Waals surface area (Å²) < 4.78 is 7.78. The third-order valence-electron chi connectivity index (χ3n) is 8.03. The van der Waals surface area contributed by atoms with Gasteiger partial charge in [0.25, 0.3) is 5.56 Å². The highest BCUT2D eigenvalue weighted by molar-refractivity contribution is 5.80. The molecule has 208 valence electrons. The van der Waals surface area contributed by atoms with Gasteiger partial charge in [-0.2, -0.15) is 4.98 Å². The molecule has 2 aliphatic rings. The van der Waals surface area contributed by atoms with Gasteiger partial charge >= 0.3 is 0 Å². The van der Waals surface area contributed by atoms with Gasteiger partial charge in [0.05, 0.1) is 18.8 Å². The summed E-state index contributed by atoms with van der Waals surface area (Å²) >= 11 is 0. The Morgan fingerprint density at radius 1 is 1.12 bits per heavy atom. The summed E-state index contributed by atoms with van der Waals surface area (Å²) in [4.78, 5) is 28.0. The Kier molecular flexibility index (Phi) is 7.40. The lowest BCUT2D eigenvalue weighted by molar-refractivity contribution is 0.0277. The van der Waals surface area contributed by atoms with Crippen LogP contribution in [-0.4, -0.2) is 60.9 Å². The number of rotatable bonds is 7. The first-order chi connectivity index (χ1) is 19.6. The van der Waals surface area contributed by atoms with Crippen molar-refractivity contribution in [2.45, 2.75) is 32.4 Å². The second kappa shape index (κ2) is 11.3. The number of nitrogens with one attached hydrogen (secondary N) is 2. The second-order valence-corrected chi connectivity index (χ2v) is 10.5. The van der Waals surface area contributed by atoms with Gasteiger partial charge in [-0.1, -0.05) is 30.3 Å². The summed E-state index contributed by atoms with van der Waals surface area (Å²) in [5, 5.41) is 7.57. The summed E-state index contributed by atoms with van der Waals surface area (Å²) in [5.41, 5.74) is 5.80. The number of morpholine rings is 1. The van der Waals surface area contributed by atoms with Gasteiger partial charge in [-0.05, 0) is 55.7 Å². The topological polar surface area (TPSA) is 87.6 Å². The van der Waals surface area contributed by atoms with E-state index in [1.54, 1.807) is 0 Å². The summed E-state index contributed by atoms with van der Waals surface area (Å²) in [5.74, 6) is 0.462. The number of nitrogens with zero attached hydrogens (tertiary/aromatic N) is 5. The van der Waals surface area contributed by atoms with Crippen LogP contribution in [-0.2, 0) is 11.2 Å². The number of fused-ring (bicyclic) bond motifs is 2. The smallest absolute Gasteiger partial charge is 0.276 e. The number of likely N-dealkylation sites (N-methyl/N-ethyl adjacent to an activating group) is 1. The van der Waals surface area contributed by atoms with Gasteiger partial charge in [0, 0.05) is 62.7 Å². The molecule has 0 aliphatic carbocycles. The Balaban J connectivity index is 1.38. The van der Waals surface area contributed by atoms with E-state index in [1.807, 2.05) is 29.0 Å². The molecular weight excluding hydrogens is 502 g/mol. The molecule has 0 saturated carbocycles. The summed E-state index contributed by atoms with van der Waals surface area (Å²) in [6, 6.07) is 18.5. The Morgan fingerprint density at radius 2 is 1.93 bits per heavy atom. The van der Waals surface area contributed by atoms with Crippen molar-refractivity contribution < 1.29 is 4.74 Å². The zero-order valence-electron chi connectivity index (χ0n) is 23.4. The lowest BCUT2D eigenvalue weighted by Crippen LogP contribution is -2.40. The maximum Gasteiger partial charge on any atom is 0.276 e. The molecule has 9 nitrogen and oxygen atoms in total. The molecule has 4 aromatic rings. The van der Waals surface area contributed by atoms with Crippen molar-refractivity contribution in [1.29, 1.82) is 0 Å². The maximum absolute atomic E-state index is 14.1. The van der Waals surface area contributed by atoms with Gasteiger partial charge in [-0.3, -0.25) is 9.36 Å². The number of benzene rings is 2. The highest BCUT2D eigenvalue weighted by atomic mass is 16.5. The van der Waals surface area contributed by atoms with Crippen LogP contribution in [0.4, 0.5) is 23.0 Å². The van der Waals surface area contributed by atoms with E-state index in [2.05, 4.69) is 82.7 Å². The Labute approximate surface area is 234 Å². The number of aromatic nitrogens is 3. The molecule has 6 rings (SSSR count). The molecule has 0 radical (unpaired) electrons. The fourth-order valence-electron chi connectivity index (χ4n) is 5.95. The van der Waals surface area contributed by atoms with Gasteiger partial charge in [0.1, 0.15) is 11.3 Å². The average molecular weight is 540 g/mol.